The van der Waals surface area contributed by atoms with Gasteiger partial charge in [-0.2, -0.15) is 5.26 Å². The van der Waals surface area contributed by atoms with Gasteiger partial charge in [-0.25, -0.2) is 9.97 Å². The van der Waals surface area contributed by atoms with Crippen molar-refractivity contribution in [1.82, 2.24) is 19.1 Å². The number of rotatable bonds is 7. The Morgan fingerprint density at radius 1 is 0.329 bits per heavy atom. The van der Waals surface area contributed by atoms with Gasteiger partial charge in [0.25, 0.3) is 0 Å². The third-order valence-corrected chi connectivity index (χ3v) is 14.0. The van der Waals surface area contributed by atoms with E-state index in [1.54, 1.807) is 0 Å². The molecule has 0 aliphatic heterocycles. The number of fused-ring (bicyclic) bond motifs is 6. The average molecular weight is 900 g/mol. The Labute approximate surface area is 408 Å². The summed E-state index contributed by atoms with van der Waals surface area (Å²) in [4.78, 5) is 10.00. The topological polar surface area (TPSA) is 59.4 Å². The van der Waals surface area contributed by atoms with Crippen LogP contribution in [0.15, 0.2) is 188 Å². The molecule has 0 bridgehead atoms. The minimum atomic E-state index is 0.490. The van der Waals surface area contributed by atoms with E-state index in [-0.39, 0.29) is 0 Å². The molecule has 9 aromatic carbocycles. The van der Waals surface area contributed by atoms with Gasteiger partial charge in [0.15, 0.2) is 5.82 Å². The lowest BCUT2D eigenvalue weighted by Gasteiger charge is -2.20. The summed E-state index contributed by atoms with van der Waals surface area (Å²) in [7, 11) is 0. The van der Waals surface area contributed by atoms with E-state index in [1.807, 2.05) is 19.9 Å². The van der Waals surface area contributed by atoms with Gasteiger partial charge in [0.05, 0.1) is 45.1 Å². The van der Waals surface area contributed by atoms with Crippen LogP contribution in [0.5, 0.6) is 0 Å². The van der Waals surface area contributed by atoms with Crippen LogP contribution in [0, 0.1) is 52.9 Å². The van der Waals surface area contributed by atoms with E-state index in [4.69, 9.17) is 9.97 Å². The highest BCUT2D eigenvalue weighted by atomic mass is 15.1. The molecule has 0 radical (unpaired) electrons. The van der Waals surface area contributed by atoms with Crippen molar-refractivity contribution in [2.45, 2.75) is 41.5 Å². The third-order valence-electron chi connectivity index (χ3n) is 14.0. The Hall–Kier alpha value is -8.85. The minimum absolute atomic E-state index is 0.490. The van der Waals surface area contributed by atoms with E-state index < -0.39 is 0 Å². The van der Waals surface area contributed by atoms with Crippen molar-refractivity contribution in [3.05, 3.63) is 227 Å². The predicted octanol–water partition coefficient (Wildman–Crippen LogP) is 16.7. The molecule has 5 nitrogen and oxygen atoms in total. The van der Waals surface area contributed by atoms with E-state index in [0.717, 1.165) is 111 Å². The molecule has 3 aromatic heterocycles. The highest BCUT2D eigenvalue weighted by molar-refractivity contribution is 6.14. The first-order valence-corrected chi connectivity index (χ1v) is 23.9. The molecule has 5 heteroatoms. The van der Waals surface area contributed by atoms with Crippen LogP contribution >= 0.6 is 0 Å². The maximum atomic E-state index is 11.3. The first kappa shape index (κ1) is 42.5. The number of benzene rings is 9. The number of hydrogen-bond donors (Lipinski definition) is 0. The quantitative estimate of drug-likeness (QED) is 0.160. The fourth-order valence-corrected chi connectivity index (χ4v) is 10.3. The molecule has 334 valence electrons. The molecule has 70 heavy (non-hydrogen) atoms. The molecule has 0 saturated carbocycles. The number of aryl methyl sites for hydroxylation is 6. The molecule has 0 atom stereocenters. The van der Waals surface area contributed by atoms with E-state index in [0.29, 0.717) is 17.0 Å². The van der Waals surface area contributed by atoms with Crippen LogP contribution in [0.3, 0.4) is 0 Å². The Kier molecular flexibility index (Phi) is 10.2. The second-order valence-corrected chi connectivity index (χ2v) is 19.0. The monoisotopic (exact) mass is 899 g/mol. The summed E-state index contributed by atoms with van der Waals surface area (Å²) in [5.74, 6) is 0.522. The minimum Gasteiger partial charge on any atom is -0.307 e. The molecular weight excluding hydrogens is 851 g/mol. The van der Waals surface area contributed by atoms with Gasteiger partial charge in [-0.15, -0.1) is 0 Å². The zero-order valence-corrected chi connectivity index (χ0v) is 40.1. The average Bonchev–Trinajstić information content (AvgIpc) is 3.87. The van der Waals surface area contributed by atoms with Crippen LogP contribution < -0.4 is 0 Å². The Morgan fingerprint density at radius 2 is 0.614 bits per heavy atom. The zero-order chi connectivity index (χ0) is 47.8. The summed E-state index contributed by atoms with van der Waals surface area (Å²) in [6.07, 6.45) is 0. The maximum absolute atomic E-state index is 11.3. The van der Waals surface area contributed by atoms with Crippen molar-refractivity contribution in [3.63, 3.8) is 0 Å². The maximum Gasteiger partial charge on any atom is 0.161 e. The largest absolute Gasteiger partial charge is 0.307 e. The molecular formula is C65H49N5. The molecule has 0 aliphatic rings. The lowest BCUT2D eigenvalue weighted by atomic mass is 10.0. The summed E-state index contributed by atoms with van der Waals surface area (Å²) >= 11 is 0. The lowest BCUT2D eigenvalue weighted by Crippen LogP contribution is -2.07. The van der Waals surface area contributed by atoms with Crippen molar-refractivity contribution >= 4 is 43.6 Å². The highest BCUT2D eigenvalue weighted by Gasteiger charge is 2.25. The standard InChI is InChI=1S/C65H49N5/c1-39-7-15-45(16-8-39)49-23-27-54-55-28-24-50(46-17-9-40(2)10-18-46)33-60(55)69(59(54)32-49)63-36-53(38-66)58(65-67-43(5)31-44(6)68-65)37-64(63)70-61-34-51(47-19-11-41(3)12-20-47)25-29-56(61)57-30-26-52(35-62(57)70)48-21-13-42(4)14-22-48/h7-37H,1-6H3. The van der Waals surface area contributed by atoms with Crippen molar-refractivity contribution in [3.8, 4) is 73.3 Å². The van der Waals surface area contributed by atoms with Crippen molar-refractivity contribution in [2.24, 2.45) is 0 Å². The highest BCUT2D eigenvalue weighted by Crippen LogP contribution is 2.44. The van der Waals surface area contributed by atoms with E-state index >= 15 is 0 Å². The summed E-state index contributed by atoms with van der Waals surface area (Å²) in [5, 5.41) is 15.8. The van der Waals surface area contributed by atoms with Crippen LogP contribution in [0.2, 0.25) is 0 Å². The molecule has 12 rings (SSSR count). The number of nitriles is 1. The van der Waals surface area contributed by atoms with Crippen molar-refractivity contribution in [2.75, 3.05) is 0 Å². The number of hydrogen-bond acceptors (Lipinski definition) is 3. The van der Waals surface area contributed by atoms with Crippen molar-refractivity contribution in [1.29, 1.82) is 5.26 Å². The van der Waals surface area contributed by atoms with Gasteiger partial charge in [-0.05, 0) is 129 Å². The zero-order valence-electron chi connectivity index (χ0n) is 40.1. The Bertz CT molecular complexity index is 3860. The smallest absolute Gasteiger partial charge is 0.161 e. The van der Waals surface area contributed by atoms with Gasteiger partial charge in [-0.3, -0.25) is 0 Å². The lowest BCUT2D eigenvalue weighted by molar-refractivity contribution is 1.05. The van der Waals surface area contributed by atoms with Gasteiger partial charge >= 0.3 is 0 Å². The molecule has 0 spiro atoms. The fourth-order valence-electron chi connectivity index (χ4n) is 10.3. The van der Waals surface area contributed by atoms with Crippen molar-refractivity contribution < 1.29 is 0 Å². The first-order chi connectivity index (χ1) is 34.1. The van der Waals surface area contributed by atoms with Crippen LogP contribution in [0.1, 0.15) is 39.2 Å². The fraction of sp³-hybridized carbons (Fsp3) is 0.0923. The molecule has 0 fully saturated rings. The van der Waals surface area contributed by atoms with Crippen LogP contribution in [0.4, 0.5) is 0 Å². The van der Waals surface area contributed by atoms with Crippen LogP contribution in [-0.2, 0) is 0 Å². The molecule has 0 unspecified atom stereocenters. The molecule has 0 aliphatic carbocycles. The Balaban J connectivity index is 1.25. The molecule has 0 amide bonds. The summed E-state index contributed by atoms with van der Waals surface area (Å²) in [6, 6.07) is 71.2. The van der Waals surface area contributed by atoms with Crippen LogP contribution in [0.25, 0.3) is 111 Å². The van der Waals surface area contributed by atoms with Crippen LogP contribution in [-0.4, -0.2) is 19.1 Å². The van der Waals surface area contributed by atoms with Gasteiger partial charge in [0.1, 0.15) is 0 Å². The Morgan fingerprint density at radius 3 is 0.914 bits per heavy atom. The molecule has 0 saturated heterocycles. The van der Waals surface area contributed by atoms with Gasteiger partial charge in [0, 0.05) is 38.5 Å². The second kappa shape index (κ2) is 16.7. The number of nitrogens with zero attached hydrogens (tertiary/aromatic N) is 5. The van der Waals surface area contributed by atoms with E-state index in [2.05, 4.69) is 225 Å². The van der Waals surface area contributed by atoms with E-state index in [9.17, 15) is 5.26 Å². The van der Waals surface area contributed by atoms with Gasteiger partial charge in [0.2, 0.25) is 0 Å². The predicted molar refractivity (Wildman–Crippen MR) is 291 cm³/mol. The first-order valence-electron chi connectivity index (χ1n) is 23.9. The second-order valence-electron chi connectivity index (χ2n) is 19.0. The van der Waals surface area contributed by atoms with E-state index in [1.165, 1.54) is 22.3 Å². The third kappa shape index (κ3) is 7.33. The molecule has 0 N–H and O–H groups in total. The van der Waals surface area contributed by atoms with Gasteiger partial charge < -0.3 is 9.13 Å². The molecule has 3 heterocycles. The summed E-state index contributed by atoms with van der Waals surface area (Å²) in [6.45, 7) is 12.5. The normalized spacial score (nSPS) is 11.6. The summed E-state index contributed by atoms with van der Waals surface area (Å²) in [5.41, 5.74) is 22.7. The molecule has 12 aromatic rings. The van der Waals surface area contributed by atoms with Gasteiger partial charge in [-0.1, -0.05) is 168 Å². The number of aromatic nitrogens is 4. The SMILES string of the molecule is Cc1ccc(-c2ccc3c4ccc(-c5ccc(C)cc5)cc4n(-c4cc(C#N)c(-c5nc(C)cc(C)n5)cc4-n4c5cc(-c6ccc(C)cc6)ccc5c5ccc(-c6ccc(C)cc6)cc54)c3c2)cc1. The summed E-state index contributed by atoms with van der Waals surface area (Å²) < 4.78 is 4.82.